The van der Waals surface area contributed by atoms with Crippen LogP contribution in [-0.2, 0) is 0 Å². The van der Waals surface area contributed by atoms with Crippen LogP contribution in [0.2, 0.25) is 5.02 Å². The quantitative estimate of drug-likeness (QED) is 0.654. The van der Waals surface area contributed by atoms with Gasteiger partial charge in [0.05, 0.1) is 4.92 Å². The number of rotatable bonds is 4. The zero-order valence-corrected chi connectivity index (χ0v) is 12.0. The van der Waals surface area contributed by atoms with Gasteiger partial charge < -0.3 is 5.32 Å². The summed E-state index contributed by atoms with van der Waals surface area (Å²) in [6, 6.07) is 5.10. The Bertz CT molecular complexity index is 479. The average molecular weight is 283 g/mol. The maximum Gasteiger partial charge on any atom is 0.293 e. The van der Waals surface area contributed by atoms with Crippen molar-refractivity contribution in [2.45, 2.75) is 39.2 Å². The SMILES string of the molecule is CCC1CCC(Nc2ccc(Cl)cc2[N+](=O)[O-])C1C. The fraction of sp³-hybridized carbons (Fsp3) is 0.571. The Morgan fingerprint density at radius 3 is 2.79 bits per heavy atom. The minimum Gasteiger partial charge on any atom is -0.376 e. The van der Waals surface area contributed by atoms with Gasteiger partial charge >= 0.3 is 0 Å². The third-order valence-corrected chi connectivity index (χ3v) is 4.48. The molecule has 0 saturated heterocycles. The van der Waals surface area contributed by atoms with Crippen LogP contribution < -0.4 is 5.32 Å². The molecule has 3 unspecified atom stereocenters. The van der Waals surface area contributed by atoms with Crippen LogP contribution in [0.3, 0.4) is 0 Å². The topological polar surface area (TPSA) is 55.2 Å². The lowest BCUT2D eigenvalue weighted by Gasteiger charge is -2.21. The molecule has 0 spiro atoms. The maximum atomic E-state index is 11.1. The Hall–Kier alpha value is -1.29. The third kappa shape index (κ3) is 3.00. The number of benzene rings is 1. The summed E-state index contributed by atoms with van der Waals surface area (Å²) in [5.41, 5.74) is 0.627. The Labute approximate surface area is 118 Å². The number of hydrogen-bond acceptors (Lipinski definition) is 3. The average Bonchev–Trinajstić information content (AvgIpc) is 2.72. The smallest absolute Gasteiger partial charge is 0.293 e. The molecule has 1 N–H and O–H groups in total. The Balaban J connectivity index is 2.18. The molecule has 4 nitrogen and oxygen atoms in total. The number of nitrogens with one attached hydrogen (secondary N) is 1. The van der Waals surface area contributed by atoms with Gasteiger partial charge in [-0.05, 0) is 36.8 Å². The molecule has 104 valence electrons. The van der Waals surface area contributed by atoms with Gasteiger partial charge in [0.15, 0.2) is 0 Å². The van der Waals surface area contributed by atoms with E-state index in [0.717, 1.165) is 6.42 Å². The molecule has 3 atom stereocenters. The Kier molecular flexibility index (Phi) is 4.30. The van der Waals surface area contributed by atoms with Crippen molar-refractivity contribution in [3.8, 4) is 0 Å². The van der Waals surface area contributed by atoms with Gasteiger partial charge in [0.25, 0.3) is 5.69 Å². The van der Waals surface area contributed by atoms with Crippen molar-refractivity contribution in [3.63, 3.8) is 0 Å². The summed E-state index contributed by atoms with van der Waals surface area (Å²) < 4.78 is 0. The second-order valence-electron chi connectivity index (χ2n) is 5.27. The number of nitro benzene ring substituents is 1. The fourth-order valence-electron chi connectivity index (χ4n) is 3.01. The highest BCUT2D eigenvalue weighted by Gasteiger charge is 2.32. The van der Waals surface area contributed by atoms with Crippen molar-refractivity contribution in [2.75, 3.05) is 5.32 Å². The summed E-state index contributed by atoms with van der Waals surface area (Å²) in [5.74, 6) is 1.25. The lowest BCUT2D eigenvalue weighted by atomic mass is 9.93. The first-order valence-corrected chi connectivity index (χ1v) is 7.11. The van der Waals surface area contributed by atoms with Crippen LogP contribution in [-0.4, -0.2) is 11.0 Å². The minimum absolute atomic E-state index is 0.0552. The molecule has 0 aromatic heterocycles. The van der Waals surface area contributed by atoms with E-state index in [-0.39, 0.29) is 10.6 Å². The van der Waals surface area contributed by atoms with E-state index in [4.69, 9.17) is 11.6 Å². The first-order valence-electron chi connectivity index (χ1n) is 6.73. The lowest BCUT2D eigenvalue weighted by molar-refractivity contribution is -0.384. The molecule has 0 heterocycles. The van der Waals surface area contributed by atoms with Crippen molar-refractivity contribution in [1.82, 2.24) is 0 Å². The van der Waals surface area contributed by atoms with Crippen molar-refractivity contribution in [3.05, 3.63) is 33.3 Å². The third-order valence-electron chi connectivity index (χ3n) is 4.25. The van der Waals surface area contributed by atoms with Crippen LogP contribution in [0.5, 0.6) is 0 Å². The molecule has 1 aliphatic rings. The predicted molar refractivity (Wildman–Crippen MR) is 77.7 cm³/mol. The molecule has 2 rings (SSSR count). The van der Waals surface area contributed by atoms with E-state index in [1.54, 1.807) is 12.1 Å². The molecule has 0 bridgehead atoms. The van der Waals surface area contributed by atoms with Gasteiger partial charge in [0.2, 0.25) is 0 Å². The summed E-state index contributed by atoms with van der Waals surface area (Å²) in [5, 5.41) is 14.8. The predicted octanol–water partition coefficient (Wildman–Crippen LogP) is 4.48. The van der Waals surface area contributed by atoms with Crippen molar-refractivity contribution in [2.24, 2.45) is 11.8 Å². The largest absolute Gasteiger partial charge is 0.376 e. The minimum atomic E-state index is -0.384. The summed E-state index contributed by atoms with van der Waals surface area (Å²) in [7, 11) is 0. The number of halogens is 1. The number of nitrogens with zero attached hydrogens (tertiary/aromatic N) is 1. The van der Waals surface area contributed by atoms with Gasteiger partial charge in [-0.1, -0.05) is 31.9 Å². The highest BCUT2D eigenvalue weighted by atomic mass is 35.5. The van der Waals surface area contributed by atoms with Crippen LogP contribution in [0.1, 0.15) is 33.1 Å². The monoisotopic (exact) mass is 282 g/mol. The van der Waals surface area contributed by atoms with Gasteiger partial charge in [-0.2, -0.15) is 0 Å². The summed E-state index contributed by atoms with van der Waals surface area (Å²) >= 11 is 5.82. The Morgan fingerprint density at radius 2 is 2.21 bits per heavy atom. The van der Waals surface area contributed by atoms with Gasteiger partial charge in [0.1, 0.15) is 5.69 Å². The zero-order valence-electron chi connectivity index (χ0n) is 11.2. The maximum absolute atomic E-state index is 11.1. The van der Waals surface area contributed by atoms with E-state index in [0.29, 0.717) is 28.6 Å². The molecule has 19 heavy (non-hydrogen) atoms. The van der Waals surface area contributed by atoms with E-state index >= 15 is 0 Å². The molecule has 1 aromatic carbocycles. The first-order chi connectivity index (χ1) is 9.02. The van der Waals surface area contributed by atoms with E-state index in [1.807, 2.05) is 0 Å². The molecule has 1 fully saturated rings. The molecule has 1 aromatic rings. The van der Waals surface area contributed by atoms with E-state index < -0.39 is 0 Å². The first kappa shape index (κ1) is 14.1. The normalized spacial score (nSPS) is 26.4. The molecule has 0 amide bonds. The fourth-order valence-corrected chi connectivity index (χ4v) is 3.17. The lowest BCUT2D eigenvalue weighted by Crippen LogP contribution is -2.25. The van der Waals surface area contributed by atoms with Gasteiger partial charge in [0, 0.05) is 17.1 Å². The van der Waals surface area contributed by atoms with Crippen LogP contribution in [0.4, 0.5) is 11.4 Å². The molecular weight excluding hydrogens is 264 g/mol. The molecule has 5 heteroatoms. The number of anilines is 1. The van der Waals surface area contributed by atoms with Crippen LogP contribution in [0, 0.1) is 22.0 Å². The highest BCUT2D eigenvalue weighted by Crippen LogP contribution is 2.37. The van der Waals surface area contributed by atoms with Gasteiger partial charge in [-0.25, -0.2) is 0 Å². The number of nitro groups is 1. The molecule has 1 saturated carbocycles. The van der Waals surface area contributed by atoms with Crippen molar-refractivity contribution >= 4 is 23.0 Å². The summed E-state index contributed by atoms with van der Waals surface area (Å²) in [6.07, 6.45) is 3.43. The highest BCUT2D eigenvalue weighted by molar-refractivity contribution is 6.30. The van der Waals surface area contributed by atoms with Crippen LogP contribution >= 0.6 is 11.6 Å². The Morgan fingerprint density at radius 1 is 1.47 bits per heavy atom. The van der Waals surface area contributed by atoms with E-state index in [9.17, 15) is 10.1 Å². The summed E-state index contributed by atoms with van der Waals surface area (Å²) in [6.45, 7) is 4.43. The second kappa shape index (κ2) is 5.78. The van der Waals surface area contributed by atoms with E-state index in [2.05, 4.69) is 19.2 Å². The molecule has 0 aliphatic heterocycles. The van der Waals surface area contributed by atoms with Gasteiger partial charge in [-0.15, -0.1) is 0 Å². The van der Waals surface area contributed by atoms with Gasteiger partial charge in [-0.3, -0.25) is 10.1 Å². The zero-order chi connectivity index (χ0) is 14.0. The number of hydrogen-bond donors (Lipinski definition) is 1. The van der Waals surface area contributed by atoms with E-state index in [1.165, 1.54) is 18.9 Å². The second-order valence-corrected chi connectivity index (χ2v) is 5.71. The molecular formula is C14H19ClN2O2. The van der Waals surface area contributed by atoms with Crippen molar-refractivity contribution in [1.29, 1.82) is 0 Å². The standard InChI is InChI=1S/C14H19ClN2O2/c1-3-10-4-6-12(9(10)2)16-13-7-5-11(15)8-14(13)17(18)19/h5,7-10,12,16H,3-4,6H2,1-2H3. The molecule has 1 aliphatic carbocycles. The van der Waals surface area contributed by atoms with Crippen LogP contribution in [0.15, 0.2) is 18.2 Å². The summed E-state index contributed by atoms with van der Waals surface area (Å²) in [4.78, 5) is 10.7. The van der Waals surface area contributed by atoms with Crippen LogP contribution in [0.25, 0.3) is 0 Å². The van der Waals surface area contributed by atoms with Crippen molar-refractivity contribution < 1.29 is 4.92 Å². The molecule has 0 radical (unpaired) electrons.